The van der Waals surface area contributed by atoms with E-state index in [1.165, 1.54) is 17.7 Å². The molecule has 2 rings (SSSR count). The second kappa shape index (κ2) is 6.17. The minimum Gasteiger partial charge on any atom is -0.466 e. The molecular formula is C13H19NO2S. The van der Waals surface area contributed by atoms with Crippen molar-refractivity contribution in [3.8, 4) is 0 Å². The molecule has 94 valence electrons. The first kappa shape index (κ1) is 12.6. The van der Waals surface area contributed by atoms with Crippen molar-refractivity contribution in [2.75, 3.05) is 19.7 Å². The van der Waals surface area contributed by atoms with Gasteiger partial charge in [-0.25, -0.2) is 0 Å². The Hall–Kier alpha value is -0.870. The van der Waals surface area contributed by atoms with E-state index in [-0.39, 0.29) is 5.97 Å². The van der Waals surface area contributed by atoms with Gasteiger partial charge < -0.3 is 4.74 Å². The topological polar surface area (TPSA) is 29.5 Å². The van der Waals surface area contributed by atoms with Gasteiger partial charge in [0.25, 0.3) is 0 Å². The van der Waals surface area contributed by atoms with E-state index in [1.54, 1.807) is 0 Å². The van der Waals surface area contributed by atoms with Gasteiger partial charge in [0.05, 0.1) is 13.0 Å². The number of nitrogens with zero attached hydrogens (tertiary/aromatic N) is 1. The first-order valence-corrected chi connectivity index (χ1v) is 7.12. The SMILES string of the molecule is CCOC(=O)CCN1CCC[C@H]1c1cccs1. The van der Waals surface area contributed by atoms with Crippen LogP contribution in [0.25, 0.3) is 0 Å². The highest BCUT2D eigenvalue weighted by molar-refractivity contribution is 7.10. The Labute approximate surface area is 106 Å². The van der Waals surface area contributed by atoms with Gasteiger partial charge in [-0.2, -0.15) is 0 Å². The molecule has 3 nitrogen and oxygen atoms in total. The molecule has 0 aliphatic carbocycles. The molecule has 0 spiro atoms. The van der Waals surface area contributed by atoms with Crippen molar-refractivity contribution in [3.05, 3.63) is 22.4 Å². The lowest BCUT2D eigenvalue weighted by Gasteiger charge is -2.22. The van der Waals surface area contributed by atoms with Crippen LogP contribution in [0, 0.1) is 0 Å². The number of thiophene rings is 1. The van der Waals surface area contributed by atoms with E-state index in [1.807, 2.05) is 18.3 Å². The smallest absolute Gasteiger partial charge is 0.307 e. The van der Waals surface area contributed by atoms with Gasteiger partial charge >= 0.3 is 5.97 Å². The molecule has 0 amide bonds. The predicted molar refractivity (Wildman–Crippen MR) is 69.1 cm³/mol. The van der Waals surface area contributed by atoms with Gasteiger partial charge in [0, 0.05) is 17.5 Å². The normalized spacial score (nSPS) is 20.6. The maximum Gasteiger partial charge on any atom is 0.307 e. The first-order chi connectivity index (χ1) is 8.31. The molecule has 1 fully saturated rings. The average Bonchev–Trinajstić information content (AvgIpc) is 2.97. The number of esters is 1. The highest BCUT2D eigenvalue weighted by Gasteiger charge is 2.26. The Morgan fingerprint density at radius 3 is 3.24 bits per heavy atom. The fraction of sp³-hybridized carbons (Fsp3) is 0.615. The van der Waals surface area contributed by atoms with Crippen molar-refractivity contribution in [2.45, 2.75) is 32.2 Å². The molecule has 1 aliphatic rings. The van der Waals surface area contributed by atoms with Gasteiger partial charge in [-0.1, -0.05) is 6.07 Å². The molecule has 0 bridgehead atoms. The molecule has 0 saturated carbocycles. The lowest BCUT2D eigenvalue weighted by molar-refractivity contribution is -0.143. The summed E-state index contributed by atoms with van der Waals surface area (Å²) >= 11 is 1.81. The lowest BCUT2D eigenvalue weighted by atomic mass is 10.2. The van der Waals surface area contributed by atoms with Crippen LogP contribution in [0.5, 0.6) is 0 Å². The molecule has 0 radical (unpaired) electrons. The second-order valence-corrected chi connectivity index (χ2v) is 5.24. The van der Waals surface area contributed by atoms with Crippen molar-refractivity contribution in [1.82, 2.24) is 4.90 Å². The number of ether oxygens (including phenoxy) is 1. The van der Waals surface area contributed by atoms with Crippen LogP contribution in [0.15, 0.2) is 17.5 Å². The summed E-state index contributed by atoms with van der Waals surface area (Å²) in [5, 5.41) is 2.12. The number of rotatable bonds is 5. The monoisotopic (exact) mass is 253 g/mol. The summed E-state index contributed by atoms with van der Waals surface area (Å²) in [4.78, 5) is 15.2. The van der Waals surface area contributed by atoms with E-state index in [2.05, 4.69) is 22.4 Å². The van der Waals surface area contributed by atoms with Crippen LogP contribution in [0.4, 0.5) is 0 Å². The molecule has 1 aromatic rings. The maximum atomic E-state index is 11.3. The zero-order valence-corrected chi connectivity index (χ0v) is 11.0. The van der Waals surface area contributed by atoms with Crippen LogP contribution >= 0.6 is 11.3 Å². The highest BCUT2D eigenvalue weighted by Crippen LogP contribution is 2.34. The second-order valence-electron chi connectivity index (χ2n) is 4.26. The van der Waals surface area contributed by atoms with Crippen LogP contribution in [0.3, 0.4) is 0 Å². The first-order valence-electron chi connectivity index (χ1n) is 6.24. The van der Waals surface area contributed by atoms with Crippen molar-refractivity contribution < 1.29 is 9.53 Å². The van der Waals surface area contributed by atoms with Gasteiger partial charge in [0.15, 0.2) is 0 Å². The Morgan fingerprint density at radius 1 is 1.65 bits per heavy atom. The average molecular weight is 253 g/mol. The molecule has 1 atom stereocenters. The largest absolute Gasteiger partial charge is 0.466 e. The molecule has 1 aromatic heterocycles. The summed E-state index contributed by atoms with van der Waals surface area (Å²) in [6, 6.07) is 4.81. The van der Waals surface area contributed by atoms with Crippen LogP contribution in [-0.2, 0) is 9.53 Å². The molecule has 2 heterocycles. The van der Waals surface area contributed by atoms with E-state index < -0.39 is 0 Å². The van der Waals surface area contributed by atoms with E-state index in [0.29, 0.717) is 19.1 Å². The number of hydrogen-bond donors (Lipinski definition) is 0. The van der Waals surface area contributed by atoms with Gasteiger partial charge in [-0.15, -0.1) is 11.3 Å². The summed E-state index contributed by atoms with van der Waals surface area (Å²) in [6.07, 6.45) is 2.95. The van der Waals surface area contributed by atoms with Crippen LogP contribution in [0.2, 0.25) is 0 Å². The van der Waals surface area contributed by atoms with Crippen molar-refractivity contribution in [3.63, 3.8) is 0 Å². The van der Waals surface area contributed by atoms with Crippen LogP contribution in [0.1, 0.15) is 37.1 Å². The number of likely N-dealkylation sites (tertiary alicyclic amines) is 1. The molecular weight excluding hydrogens is 234 g/mol. The Balaban J connectivity index is 1.85. The summed E-state index contributed by atoms with van der Waals surface area (Å²) < 4.78 is 4.96. The fourth-order valence-corrected chi connectivity index (χ4v) is 3.26. The third-order valence-corrected chi connectivity index (χ3v) is 4.12. The zero-order valence-electron chi connectivity index (χ0n) is 10.2. The number of hydrogen-bond acceptors (Lipinski definition) is 4. The van der Waals surface area contributed by atoms with E-state index in [4.69, 9.17) is 4.74 Å². The lowest BCUT2D eigenvalue weighted by Crippen LogP contribution is -2.26. The third kappa shape index (κ3) is 3.30. The standard InChI is InChI=1S/C13H19NO2S/c1-2-16-13(15)7-9-14-8-3-5-11(14)12-6-4-10-17-12/h4,6,10-11H,2-3,5,7-9H2,1H3/t11-/m0/s1. The van der Waals surface area contributed by atoms with E-state index >= 15 is 0 Å². The molecule has 0 unspecified atom stereocenters. The third-order valence-electron chi connectivity index (χ3n) is 3.14. The fourth-order valence-electron chi connectivity index (χ4n) is 2.36. The number of carbonyl (C=O) groups excluding carboxylic acids is 1. The van der Waals surface area contributed by atoms with Gasteiger partial charge in [-0.3, -0.25) is 9.69 Å². The van der Waals surface area contributed by atoms with E-state index in [0.717, 1.165) is 13.1 Å². The molecule has 17 heavy (non-hydrogen) atoms. The Kier molecular flexibility index (Phi) is 4.57. The Bertz CT molecular complexity index is 350. The van der Waals surface area contributed by atoms with Gasteiger partial charge in [0.2, 0.25) is 0 Å². The summed E-state index contributed by atoms with van der Waals surface area (Å²) in [5.41, 5.74) is 0. The molecule has 1 saturated heterocycles. The van der Waals surface area contributed by atoms with Crippen molar-refractivity contribution in [2.24, 2.45) is 0 Å². The summed E-state index contributed by atoms with van der Waals surface area (Å²) in [7, 11) is 0. The molecule has 0 N–H and O–H groups in total. The predicted octanol–water partition coefficient (Wildman–Crippen LogP) is 2.84. The summed E-state index contributed by atoms with van der Waals surface area (Å²) in [5.74, 6) is -0.0793. The Morgan fingerprint density at radius 2 is 2.53 bits per heavy atom. The molecule has 0 aromatic carbocycles. The quantitative estimate of drug-likeness (QED) is 0.756. The number of carbonyl (C=O) groups is 1. The van der Waals surface area contributed by atoms with Crippen molar-refractivity contribution in [1.29, 1.82) is 0 Å². The van der Waals surface area contributed by atoms with E-state index in [9.17, 15) is 4.79 Å². The van der Waals surface area contributed by atoms with Crippen molar-refractivity contribution >= 4 is 17.3 Å². The molecule has 4 heteroatoms. The minimum absolute atomic E-state index is 0.0793. The van der Waals surface area contributed by atoms with Crippen LogP contribution < -0.4 is 0 Å². The highest BCUT2D eigenvalue weighted by atomic mass is 32.1. The minimum atomic E-state index is -0.0793. The van der Waals surface area contributed by atoms with Gasteiger partial charge in [0.1, 0.15) is 0 Å². The summed E-state index contributed by atoms with van der Waals surface area (Å²) in [6.45, 7) is 4.25. The van der Waals surface area contributed by atoms with Crippen LogP contribution in [-0.4, -0.2) is 30.6 Å². The molecule has 1 aliphatic heterocycles. The maximum absolute atomic E-state index is 11.3. The zero-order chi connectivity index (χ0) is 12.1. The van der Waals surface area contributed by atoms with Gasteiger partial charge in [-0.05, 0) is 37.8 Å².